The number of hydrogen-bond donors (Lipinski definition) is 0. The summed E-state index contributed by atoms with van der Waals surface area (Å²) < 4.78 is 21.7. The van der Waals surface area contributed by atoms with Gasteiger partial charge in [-0.3, -0.25) is 0 Å². The largest absolute Gasteiger partial charge is 0.494 e. The maximum absolute atomic E-state index is 5.61. The van der Waals surface area contributed by atoms with Crippen LogP contribution >= 0.6 is 0 Å². The number of rotatable bonds is 6. The summed E-state index contributed by atoms with van der Waals surface area (Å²) in [4.78, 5) is 0. The van der Waals surface area contributed by atoms with Crippen molar-refractivity contribution >= 4 is 0 Å². The summed E-state index contributed by atoms with van der Waals surface area (Å²) in [6.45, 7) is 4.57. The van der Waals surface area contributed by atoms with Crippen LogP contribution in [-0.4, -0.2) is 32.7 Å². The second kappa shape index (κ2) is 6.47. The van der Waals surface area contributed by atoms with Crippen molar-refractivity contribution in [3.63, 3.8) is 0 Å². The van der Waals surface area contributed by atoms with Crippen molar-refractivity contribution < 1.29 is 18.9 Å². The quantitative estimate of drug-likeness (QED) is 0.761. The predicted molar refractivity (Wildman–Crippen MR) is 63.4 cm³/mol. The van der Waals surface area contributed by atoms with Gasteiger partial charge in [-0.05, 0) is 19.1 Å². The molecule has 1 heterocycles. The summed E-state index contributed by atoms with van der Waals surface area (Å²) in [7, 11) is 0. The Bertz CT molecular complexity index is 334. The van der Waals surface area contributed by atoms with Gasteiger partial charge in [0.2, 0.25) is 0 Å². The van der Waals surface area contributed by atoms with Gasteiger partial charge in [-0.25, -0.2) is 0 Å². The molecule has 1 fully saturated rings. The average molecular weight is 238 g/mol. The topological polar surface area (TPSA) is 36.9 Å². The second-order valence-electron chi connectivity index (χ2n) is 3.72. The van der Waals surface area contributed by atoms with Crippen LogP contribution in [0.4, 0.5) is 0 Å². The van der Waals surface area contributed by atoms with Gasteiger partial charge in [0.25, 0.3) is 0 Å². The first-order valence-electron chi connectivity index (χ1n) is 5.97. The lowest BCUT2D eigenvalue weighted by molar-refractivity contribution is -0.0531. The first-order valence-corrected chi connectivity index (χ1v) is 5.97. The van der Waals surface area contributed by atoms with Crippen molar-refractivity contribution in [1.82, 2.24) is 0 Å². The van der Waals surface area contributed by atoms with E-state index in [1.807, 2.05) is 31.2 Å². The van der Waals surface area contributed by atoms with Gasteiger partial charge in [0.05, 0.1) is 26.4 Å². The minimum Gasteiger partial charge on any atom is -0.494 e. The Morgan fingerprint density at radius 1 is 1.18 bits per heavy atom. The van der Waals surface area contributed by atoms with Crippen LogP contribution in [0.2, 0.25) is 0 Å². The average Bonchev–Trinajstić information content (AvgIpc) is 2.83. The van der Waals surface area contributed by atoms with E-state index in [1.54, 1.807) is 0 Å². The second-order valence-corrected chi connectivity index (χ2v) is 3.72. The molecule has 1 saturated heterocycles. The maximum Gasteiger partial charge on any atom is 0.161 e. The Morgan fingerprint density at radius 2 is 1.88 bits per heavy atom. The SMILES string of the molecule is CCOc1cccc(OCCC2OCCO2)c1. The summed E-state index contributed by atoms with van der Waals surface area (Å²) in [5.74, 6) is 1.65. The Morgan fingerprint density at radius 3 is 2.59 bits per heavy atom. The molecule has 0 bridgehead atoms. The zero-order valence-corrected chi connectivity index (χ0v) is 10.1. The fourth-order valence-electron chi connectivity index (χ4n) is 1.67. The van der Waals surface area contributed by atoms with E-state index in [9.17, 15) is 0 Å². The molecular formula is C13H18O4. The van der Waals surface area contributed by atoms with Gasteiger partial charge >= 0.3 is 0 Å². The van der Waals surface area contributed by atoms with Gasteiger partial charge in [0.15, 0.2) is 6.29 Å². The molecule has 1 aromatic carbocycles. The van der Waals surface area contributed by atoms with Crippen molar-refractivity contribution in [1.29, 1.82) is 0 Å². The van der Waals surface area contributed by atoms with Crippen LogP contribution in [-0.2, 0) is 9.47 Å². The highest BCUT2D eigenvalue weighted by Crippen LogP contribution is 2.20. The molecule has 1 aromatic rings. The molecule has 1 aliphatic heterocycles. The fourth-order valence-corrected chi connectivity index (χ4v) is 1.67. The number of benzene rings is 1. The third-order valence-electron chi connectivity index (χ3n) is 2.43. The van der Waals surface area contributed by atoms with E-state index in [0.717, 1.165) is 17.9 Å². The summed E-state index contributed by atoms with van der Waals surface area (Å²) >= 11 is 0. The van der Waals surface area contributed by atoms with Crippen LogP contribution in [0.15, 0.2) is 24.3 Å². The lowest BCUT2D eigenvalue weighted by atomic mass is 10.3. The molecule has 0 atom stereocenters. The normalized spacial score (nSPS) is 16.1. The van der Waals surface area contributed by atoms with Crippen LogP contribution in [0.1, 0.15) is 13.3 Å². The lowest BCUT2D eigenvalue weighted by Crippen LogP contribution is -2.12. The van der Waals surface area contributed by atoms with E-state index in [0.29, 0.717) is 26.4 Å². The third kappa shape index (κ3) is 3.91. The van der Waals surface area contributed by atoms with Gasteiger partial charge < -0.3 is 18.9 Å². The van der Waals surface area contributed by atoms with Crippen LogP contribution in [0.3, 0.4) is 0 Å². The first kappa shape index (κ1) is 12.2. The molecule has 0 aliphatic carbocycles. The zero-order chi connectivity index (χ0) is 11.9. The molecular weight excluding hydrogens is 220 g/mol. The van der Waals surface area contributed by atoms with Gasteiger partial charge in [0, 0.05) is 12.5 Å². The van der Waals surface area contributed by atoms with Crippen LogP contribution in [0.25, 0.3) is 0 Å². The number of ether oxygens (including phenoxy) is 4. The Balaban J connectivity index is 1.75. The fraction of sp³-hybridized carbons (Fsp3) is 0.538. The standard InChI is InChI=1S/C13H18O4/c1-2-14-11-4-3-5-12(10-11)15-7-6-13-16-8-9-17-13/h3-5,10,13H,2,6-9H2,1H3. The van der Waals surface area contributed by atoms with E-state index in [-0.39, 0.29) is 6.29 Å². The Hall–Kier alpha value is -1.26. The van der Waals surface area contributed by atoms with Gasteiger partial charge in [-0.15, -0.1) is 0 Å². The van der Waals surface area contributed by atoms with Gasteiger partial charge in [0.1, 0.15) is 11.5 Å². The van der Waals surface area contributed by atoms with Crippen molar-refractivity contribution in [3.8, 4) is 11.5 Å². The van der Waals surface area contributed by atoms with Crippen molar-refractivity contribution in [2.24, 2.45) is 0 Å². The molecule has 1 aliphatic rings. The van der Waals surface area contributed by atoms with E-state index in [2.05, 4.69) is 0 Å². The summed E-state index contributed by atoms with van der Waals surface area (Å²) in [6.07, 6.45) is 0.642. The molecule has 0 unspecified atom stereocenters. The van der Waals surface area contributed by atoms with Crippen LogP contribution in [0.5, 0.6) is 11.5 Å². The molecule has 2 rings (SSSR count). The molecule has 0 aromatic heterocycles. The smallest absolute Gasteiger partial charge is 0.161 e. The van der Waals surface area contributed by atoms with E-state index < -0.39 is 0 Å². The molecule has 4 heteroatoms. The predicted octanol–water partition coefficient (Wildman–Crippen LogP) is 2.23. The lowest BCUT2D eigenvalue weighted by Gasteiger charge is -2.11. The molecule has 4 nitrogen and oxygen atoms in total. The maximum atomic E-state index is 5.61. The van der Waals surface area contributed by atoms with Gasteiger partial charge in [-0.1, -0.05) is 6.07 Å². The summed E-state index contributed by atoms with van der Waals surface area (Å²) in [5.41, 5.74) is 0. The molecule has 0 N–H and O–H groups in total. The van der Waals surface area contributed by atoms with Crippen LogP contribution < -0.4 is 9.47 Å². The first-order chi connectivity index (χ1) is 8.38. The molecule has 0 saturated carbocycles. The monoisotopic (exact) mass is 238 g/mol. The van der Waals surface area contributed by atoms with Crippen molar-refractivity contribution in [2.45, 2.75) is 19.6 Å². The summed E-state index contributed by atoms with van der Waals surface area (Å²) in [6, 6.07) is 7.64. The minimum absolute atomic E-state index is 0.106. The van der Waals surface area contributed by atoms with E-state index in [1.165, 1.54) is 0 Å². The van der Waals surface area contributed by atoms with Crippen molar-refractivity contribution in [2.75, 3.05) is 26.4 Å². The molecule has 17 heavy (non-hydrogen) atoms. The summed E-state index contributed by atoms with van der Waals surface area (Å²) in [5, 5.41) is 0. The third-order valence-corrected chi connectivity index (χ3v) is 2.43. The van der Waals surface area contributed by atoms with E-state index >= 15 is 0 Å². The van der Waals surface area contributed by atoms with Gasteiger partial charge in [-0.2, -0.15) is 0 Å². The molecule has 94 valence electrons. The Labute approximate surface area is 101 Å². The van der Waals surface area contributed by atoms with E-state index in [4.69, 9.17) is 18.9 Å². The zero-order valence-electron chi connectivity index (χ0n) is 10.1. The minimum atomic E-state index is -0.106. The number of hydrogen-bond acceptors (Lipinski definition) is 4. The Kier molecular flexibility index (Phi) is 4.64. The highest BCUT2D eigenvalue weighted by Gasteiger charge is 2.15. The molecule has 0 radical (unpaired) electrons. The van der Waals surface area contributed by atoms with Crippen LogP contribution in [0, 0.1) is 0 Å². The van der Waals surface area contributed by atoms with Crippen molar-refractivity contribution in [3.05, 3.63) is 24.3 Å². The molecule has 0 amide bonds. The molecule has 0 spiro atoms. The highest BCUT2D eigenvalue weighted by molar-refractivity contribution is 5.32. The highest BCUT2D eigenvalue weighted by atomic mass is 16.7.